The third-order valence-corrected chi connectivity index (χ3v) is 5.46. The number of pyridine rings is 1. The third-order valence-electron chi connectivity index (χ3n) is 5.46. The first-order valence-corrected chi connectivity index (χ1v) is 9.54. The van der Waals surface area contributed by atoms with Gasteiger partial charge in [-0.3, -0.25) is 4.79 Å². The zero-order valence-corrected chi connectivity index (χ0v) is 16.1. The maximum absolute atomic E-state index is 13.3. The van der Waals surface area contributed by atoms with Crippen molar-refractivity contribution in [3.05, 3.63) is 53.1 Å². The fourth-order valence-electron chi connectivity index (χ4n) is 3.65. The van der Waals surface area contributed by atoms with Gasteiger partial charge in [0, 0.05) is 36.4 Å². The lowest BCUT2D eigenvalue weighted by atomic mass is 9.98. The molecule has 0 radical (unpaired) electrons. The summed E-state index contributed by atoms with van der Waals surface area (Å²) >= 11 is 0. The standard InChI is InChI=1S/C22H24N4O/c1-14-7-8-18-19(22(27)26-9-5-4-6-10-26)11-20(25-21(18)15(14)2)17-12-23-16(3)24-13-17/h7-8,11-13H,4-6,9-10H2,1-3H3. The van der Waals surface area contributed by atoms with Gasteiger partial charge in [-0.05, 0) is 57.2 Å². The number of fused-ring (bicyclic) bond motifs is 1. The second kappa shape index (κ2) is 7.06. The molecular weight excluding hydrogens is 336 g/mol. The second-order valence-corrected chi connectivity index (χ2v) is 7.33. The summed E-state index contributed by atoms with van der Waals surface area (Å²) in [5.41, 5.74) is 5.46. The van der Waals surface area contributed by atoms with Gasteiger partial charge in [0.2, 0.25) is 0 Å². The van der Waals surface area contributed by atoms with E-state index in [0.29, 0.717) is 0 Å². The Hall–Kier alpha value is -2.82. The summed E-state index contributed by atoms with van der Waals surface area (Å²) < 4.78 is 0. The number of hydrogen-bond acceptors (Lipinski definition) is 4. The number of aromatic nitrogens is 3. The number of carbonyl (C=O) groups excluding carboxylic acids is 1. The minimum Gasteiger partial charge on any atom is -0.339 e. The highest BCUT2D eigenvalue weighted by Gasteiger charge is 2.22. The highest BCUT2D eigenvalue weighted by molar-refractivity contribution is 6.08. The molecule has 5 heteroatoms. The number of benzene rings is 1. The van der Waals surface area contributed by atoms with Gasteiger partial charge in [-0.15, -0.1) is 0 Å². The normalized spacial score (nSPS) is 14.6. The van der Waals surface area contributed by atoms with Gasteiger partial charge < -0.3 is 4.90 Å². The number of rotatable bonds is 2. The molecule has 0 N–H and O–H groups in total. The van der Waals surface area contributed by atoms with Gasteiger partial charge >= 0.3 is 0 Å². The van der Waals surface area contributed by atoms with E-state index in [1.807, 2.05) is 24.0 Å². The highest BCUT2D eigenvalue weighted by atomic mass is 16.2. The Labute approximate surface area is 159 Å². The van der Waals surface area contributed by atoms with Crippen LogP contribution in [0.15, 0.2) is 30.6 Å². The summed E-state index contributed by atoms with van der Waals surface area (Å²) in [5.74, 6) is 0.816. The lowest BCUT2D eigenvalue weighted by Gasteiger charge is -2.27. The van der Waals surface area contributed by atoms with Gasteiger partial charge in [0.15, 0.2) is 0 Å². The molecule has 1 fully saturated rings. The van der Waals surface area contributed by atoms with Crippen molar-refractivity contribution in [1.82, 2.24) is 19.9 Å². The van der Waals surface area contributed by atoms with Crippen LogP contribution < -0.4 is 0 Å². The molecule has 0 unspecified atom stereocenters. The molecule has 0 atom stereocenters. The van der Waals surface area contributed by atoms with Gasteiger partial charge in [0.25, 0.3) is 5.91 Å². The summed E-state index contributed by atoms with van der Waals surface area (Å²) in [6, 6.07) is 6.00. The Balaban J connectivity index is 1.91. The van der Waals surface area contributed by atoms with Gasteiger partial charge in [-0.2, -0.15) is 0 Å². The molecule has 5 nitrogen and oxygen atoms in total. The van der Waals surface area contributed by atoms with Crippen LogP contribution in [-0.4, -0.2) is 38.8 Å². The monoisotopic (exact) mass is 360 g/mol. The van der Waals surface area contributed by atoms with Crippen LogP contribution in [0.3, 0.4) is 0 Å². The number of carbonyl (C=O) groups is 1. The lowest BCUT2D eigenvalue weighted by molar-refractivity contribution is 0.0726. The van der Waals surface area contributed by atoms with Gasteiger partial charge in [0.05, 0.1) is 16.8 Å². The van der Waals surface area contributed by atoms with Crippen molar-refractivity contribution in [1.29, 1.82) is 0 Å². The summed E-state index contributed by atoms with van der Waals surface area (Å²) in [6.45, 7) is 7.66. The van der Waals surface area contributed by atoms with Crippen LogP contribution in [0, 0.1) is 20.8 Å². The smallest absolute Gasteiger partial charge is 0.254 e. The minimum absolute atomic E-state index is 0.0969. The molecule has 1 aliphatic rings. The summed E-state index contributed by atoms with van der Waals surface area (Å²) in [4.78, 5) is 28.7. The van der Waals surface area contributed by atoms with Crippen molar-refractivity contribution >= 4 is 16.8 Å². The SMILES string of the molecule is Cc1ncc(-c2cc(C(=O)N3CCCCC3)c3ccc(C)c(C)c3n2)cn1. The Morgan fingerprint density at radius 3 is 2.41 bits per heavy atom. The minimum atomic E-state index is 0.0969. The molecule has 4 rings (SSSR count). The predicted octanol–water partition coefficient (Wildman–Crippen LogP) is 4.24. The largest absolute Gasteiger partial charge is 0.339 e. The Morgan fingerprint density at radius 1 is 1.00 bits per heavy atom. The quantitative estimate of drug-likeness (QED) is 0.686. The number of aryl methyl sites for hydroxylation is 3. The molecule has 3 heterocycles. The third kappa shape index (κ3) is 3.29. The van der Waals surface area contributed by atoms with E-state index in [2.05, 4.69) is 29.9 Å². The van der Waals surface area contributed by atoms with E-state index in [4.69, 9.17) is 4.98 Å². The number of likely N-dealkylation sites (tertiary alicyclic amines) is 1. The van der Waals surface area contributed by atoms with Crippen LogP contribution in [0.1, 0.15) is 46.6 Å². The van der Waals surface area contributed by atoms with E-state index in [9.17, 15) is 4.79 Å². The van der Waals surface area contributed by atoms with Crippen molar-refractivity contribution < 1.29 is 4.79 Å². The topological polar surface area (TPSA) is 59.0 Å². The molecule has 0 spiro atoms. The average molecular weight is 360 g/mol. The van der Waals surface area contributed by atoms with E-state index in [0.717, 1.165) is 65.0 Å². The Bertz CT molecular complexity index is 1000. The molecule has 1 aromatic carbocycles. The molecular formula is C22H24N4O. The molecule has 0 bridgehead atoms. The van der Waals surface area contributed by atoms with Gasteiger partial charge in [-0.25, -0.2) is 15.0 Å². The summed E-state index contributed by atoms with van der Waals surface area (Å²) in [7, 11) is 0. The Morgan fingerprint density at radius 2 is 1.70 bits per heavy atom. The number of amides is 1. The van der Waals surface area contributed by atoms with Crippen molar-refractivity contribution in [3.63, 3.8) is 0 Å². The van der Waals surface area contributed by atoms with Crippen molar-refractivity contribution in [3.8, 4) is 11.3 Å². The molecule has 1 saturated heterocycles. The fourth-order valence-corrected chi connectivity index (χ4v) is 3.65. The maximum Gasteiger partial charge on any atom is 0.254 e. The van der Waals surface area contributed by atoms with Crippen molar-refractivity contribution in [2.24, 2.45) is 0 Å². The van der Waals surface area contributed by atoms with Gasteiger partial charge in [-0.1, -0.05) is 12.1 Å². The summed E-state index contributed by atoms with van der Waals surface area (Å²) in [5, 5.41) is 0.922. The van der Waals surface area contributed by atoms with Crippen LogP contribution in [0.4, 0.5) is 0 Å². The van der Waals surface area contributed by atoms with Crippen LogP contribution in [0.2, 0.25) is 0 Å². The van der Waals surface area contributed by atoms with E-state index in [1.54, 1.807) is 12.4 Å². The van der Waals surface area contributed by atoms with Crippen molar-refractivity contribution in [2.75, 3.05) is 13.1 Å². The lowest BCUT2D eigenvalue weighted by Crippen LogP contribution is -2.35. The molecule has 1 amide bonds. The highest BCUT2D eigenvalue weighted by Crippen LogP contribution is 2.29. The van der Waals surface area contributed by atoms with Crippen LogP contribution >= 0.6 is 0 Å². The van der Waals surface area contributed by atoms with Crippen LogP contribution in [0.25, 0.3) is 22.2 Å². The number of hydrogen-bond donors (Lipinski definition) is 0. The molecule has 0 aliphatic carbocycles. The van der Waals surface area contributed by atoms with E-state index < -0.39 is 0 Å². The molecule has 138 valence electrons. The molecule has 0 saturated carbocycles. The first-order chi connectivity index (χ1) is 13.0. The first-order valence-electron chi connectivity index (χ1n) is 9.54. The maximum atomic E-state index is 13.3. The second-order valence-electron chi connectivity index (χ2n) is 7.33. The zero-order valence-electron chi connectivity index (χ0n) is 16.1. The molecule has 2 aromatic heterocycles. The molecule has 1 aliphatic heterocycles. The number of piperidine rings is 1. The first kappa shape index (κ1) is 17.6. The summed E-state index contributed by atoms with van der Waals surface area (Å²) in [6.07, 6.45) is 6.90. The number of nitrogens with zero attached hydrogens (tertiary/aromatic N) is 4. The van der Waals surface area contributed by atoms with Crippen LogP contribution in [0.5, 0.6) is 0 Å². The molecule has 27 heavy (non-hydrogen) atoms. The zero-order chi connectivity index (χ0) is 19.0. The predicted molar refractivity (Wildman–Crippen MR) is 107 cm³/mol. The van der Waals surface area contributed by atoms with Crippen molar-refractivity contribution in [2.45, 2.75) is 40.0 Å². The van der Waals surface area contributed by atoms with E-state index in [1.165, 1.54) is 12.0 Å². The van der Waals surface area contributed by atoms with E-state index in [-0.39, 0.29) is 5.91 Å². The van der Waals surface area contributed by atoms with Gasteiger partial charge in [0.1, 0.15) is 5.82 Å². The molecule has 3 aromatic rings. The van der Waals surface area contributed by atoms with E-state index >= 15 is 0 Å². The Kier molecular flexibility index (Phi) is 4.60. The fraction of sp³-hybridized carbons (Fsp3) is 0.364. The average Bonchev–Trinajstić information content (AvgIpc) is 2.71. The van der Waals surface area contributed by atoms with Crippen LogP contribution in [-0.2, 0) is 0 Å².